The molecule has 1 aromatic carbocycles. The van der Waals surface area contributed by atoms with Gasteiger partial charge in [0.05, 0.1) is 11.3 Å². The molecule has 2 aromatic heterocycles. The molecular weight excluding hydrogens is 355 g/mol. The third-order valence-corrected chi connectivity index (χ3v) is 4.42. The lowest BCUT2D eigenvalue weighted by molar-refractivity contribution is -0.148. The Morgan fingerprint density at radius 3 is 2.92 bits per heavy atom. The first-order valence-electron chi connectivity index (χ1n) is 7.04. The predicted octanol–water partition coefficient (Wildman–Crippen LogP) is 4.44. The lowest BCUT2D eigenvalue weighted by Gasteiger charge is -2.10. The van der Waals surface area contributed by atoms with E-state index in [9.17, 15) is 9.18 Å². The molecule has 0 unspecified atom stereocenters. The molecule has 0 bridgehead atoms. The molecule has 0 aliphatic heterocycles. The number of halogens is 2. The van der Waals surface area contributed by atoms with Crippen LogP contribution in [-0.4, -0.2) is 16.2 Å². The van der Waals surface area contributed by atoms with Crippen LogP contribution in [-0.2, 0) is 16.0 Å². The molecule has 0 saturated heterocycles. The van der Waals surface area contributed by atoms with Crippen LogP contribution in [0.25, 0.3) is 10.8 Å². The van der Waals surface area contributed by atoms with Crippen LogP contribution in [0.15, 0.2) is 40.1 Å². The number of hydrogen-bond donors (Lipinski definition) is 0. The standard InChI is InChI=1S/C16H12ClFN2O3S/c1-9(15-19-20-16(23-15)13-6-3-7-24-13)22-14(21)8-10-11(17)4-2-5-12(10)18/h2-7,9H,8H2,1H3/t9-/m1/s1. The number of carbonyl (C=O) groups is 1. The molecule has 0 saturated carbocycles. The number of thiophene rings is 1. The second-order valence-electron chi connectivity index (χ2n) is 4.93. The van der Waals surface area contributed by atoms with Crippen molar-refractivity contribution in [3.05, 3.63) is 58.0 Å². The Bertz CT molecular complexity index is 831. The Labute approximate surface area is 146 Å². The van der Waals surface area contributed by atoms with Gasteiger partial charge >= 0.3 is 5.97 Å². The lowest BCUT2D eigenvalue weighted by atomic mass is 10.1. The fraction of sp³-hybridized carbons (Fsp3) is 0.188. The van der Waals surface area contributed by atoms with Crippen LogP contribution in [0.2, 0.25) is 5.02 Å². The van der Waals surface area contributed by atoms with Gasteiger partial charge in [0, 0.05) is 10.6 Å². The number of benzene rings is 1. The molecule has 0 spiro atoms. The summed E-state index contributed by atoms with van der Waals surface area (Å²) in [7, 11) is 0. The van der Waals surface area contributed by atoms with E-state index in [2.05, 4.69) is 10.2 Å². The van der Waals surface area contributed by atoms with Crippen LogP contribution in [0.4, 0.5) is 4.39 Å². The summed E-state index contributed by atoms with van der Waals surface area (Å²) in [5.41, 5.74) is 0.0983. The molecule has 124 valence electrons. The molecule has 0 aliphatic carbocycles. The van der Waals surface area contributed by atoms with Gasteiger partial charge in [-0.2, -0.15) is 0 Å². The summed E-state index contributed by atoms with van der Waals surface area (Å²) in [6.45, 7) is 1.60. The first kappa shape index (κ1) is 16.6. The highest BCUT2D eigenvalue weighted by Crippen LogP contribution is 2.26. The van der Waals surface area contributed by atoms with Crippen LogP contribution >= 0.6 is 22.9 Å². The largest absolute Gasteiger partial charge is 0.452 e. The van der Waals surface area contributed by atoms with Gasteiger partial charge in [0.15, 0.2) is 6.10 Å². The van der Waals surface area contributed by atoms with Gasteiger partial charge in [-0.3, -0.25) is 4.79 Å². The number of carbonyl (C=O) groups excluding carboxylic acids is 1. The smallest absolute Gasteiger partial charge is 0.311 e. The zero-order chi connectivity index (χ0) is 17.1. The monoisotopic (exact) mass is 366 g/mol. The maximum atomic E-state index is 13.7. The summed E-state index contributed by atoms with van der Waals surface area (Å²) >= 11 is 7.36. The van der Waals surface area contributed by atoms with Crippen LogP contribution in [0, 0.1) is 5.82 Å². The van der Waals surface area contributed by atoms with Gasteiger partial charge in [-0.15, -0.1) is 21.5 Å². The van der Waals surface area contributed by atoms with E-state index in [0.717, 1.165) is 4.88 Å². The Balaban J connectivity index is 1.66. The minimum absolute atomic E-state index is 0.0983. The second-order valence-corrected chi connectivity index (χ2v) is 6.29. The first-order valence-corrected chi connectivity index (χ1v) is 8.30. The van der Waals surface area contributed by atoms with E-state index in [1.165, 1.54) is 29.5 Å². The molecule has 5 nitrogen and oxygen atoms in total. The van der Waals surface area contributed by atoms with Gasteiger partial charge in [-0.25, -0.2) is 4.39 Å². The molecule has 1 atom stereocenters. The van der Waals surface area contributed by atoms with Crippen molar-refractivity contribution in [2.45, 2.75) is 19.4 Å². The van der Waals surface area contributed by atoms with Gasteiger partial charge in [-0.05, 0) is 30.5 Å². The average Bonchev–Trinajstić information content (AvgIpc) is 3.21. The van der Waals surface area contributed by atoms with E-state index in [1.807, 2.05) is 17.5 Å². The molecule has 0 N–H and O–H groups in total. The molecular formula is C16H12ClFN2O3S. The van der Waals surface area contributed by atoms with Crippen molar-refractivity contribution < 1.29 is 18.3 Å². The van der Waals surface area contributed by atoms with Crippen molar-refractivity contribution in [1.82, 2.24) is 10.2 Å². The van der Waals surface area contributed by atoms with Crippen molar-refractivity contribution in [3.63, 3.8) is 0 Å². The topological polar surface area (TPSA) is 65.2 Å². The second kappa shape index (κ2) is 7.11. The number of hydrogen-bond acceptors (Lipinski definition) is 6. The van der Waals surface area contributed by atoms with E-state index >= 15 is 0 Å². The fourth-order valence-corrected chi connectivity index (χ4v) is 2.91. The number of rotatable bonds is 5. The zero-order valence-corrected chi connectivity index (χ0v) is 14.1. The van der Waals surface area contributed by atoms with Crippen LogP contribution in [0.1, 0.15) is 24.5 Å². The van der Waals surface area contributed by atoms with E-state index in [0.29, 0.717) is 5.89 Å². The van der Waals surface area contributed by atoms with Crippen molar-refractivity contribution in [1.29, 1.82) is 0 Å². The van der Waals surface area contributed by atoms with Crippen molar-refractivity contribution >= 4 is 28.9 Å². The molecule has 3 aromatic rings. The molecule has 0 amide bonds. The summed E-state index contributed by atoms with van der Waals surface area (Å²) in [5.74, 6) is -0.651. The van der Waals surface area contributed by atoms with Gasteiger partial charge in [0.25, 0.3) is 11.8 Å². The highest BCUT2D eigenvalue weighted by Gasteiger charge is 2.21. The van der Waals surface area contributed by atoms with Crippen LogP contribution < -0.4 is 0 Å². The minimum atomic E-state index is -0.746. The van der Waals surface area contributed by atoms with Gasteiger partial charge in [-0.1, -0.05) is 23.7 Å². The van der Waals surface area contributed by atoms with Crippen LogP contribution in [0.3, 0.4) is 0 Å². The normalized spacial score (nSPS) is 12.1. The number of aromatic nitrogens is 2. The summed E-state index contributed by atoms with van der Waals surface area (Å²) in [6, 6.07) is 7.94. The third-order valence-electron chi connectivity index (χ3n) is 3.21. The average molecular weight is 367 g/mol. The van der Waals surface area contributed by atoms with Crippen molar-refractivity contribution in [2.24, 2.45) is 0 Å². The maximum Gasteiger partial charge on any atom is 0.311 e. The molecule has 0 fully saturated rings. The summed E-state index contributed by atoms with van der Waals surface area (Å²) in [6.07, 6.45) is -1.02. The zero-order valence-electron chi connectivity index (χ0n) is 12.5. The predicted molar refractivity (Wildman–Crippen MR) is 87.2 cm³/mol. The maximum absolute atomic E-state index is 13.7. The molecule has 8 heteroatoms. The van der Waals surface area contributed by atoms with E-state index in [-0.39, 0.29) is 22.9 Å². The minimum Gasteiger partial charge on any atom is -0.452 e. The lowest BCUT2D eigenvalue weighted by Crippen LogP contribution is -2.13. The number of esters is 1. The summed E-state index contributed by atoms with van der Waals surface area (Å²) in [4.78, 5) is 12.8. The Hall–Kier alpha value is -2.25. The molecule has 0 radical (unpaired) electrons. The van der Waals surface area contributed by atoms with Crippen molar-refractivity contribution in [3.8, 4) is 10.8 Å². The first-order chi connectivity index (χ1) is 11.5. The SMILES string of the molecule is C[C@@H](OC(=O)Cc1c(F)cccc1Cl)c1nnc(-c2cccs2)o1. The Morgan fingerprint density at radius 2 is 2.21 bits per heavy atom. The molecule has 24 heavy (non-hydrogen) atoms. The Morgan fingerprint density at radius 1 is 1.38 bits per heavy atom. The van der Waals surface area contributed by atoms with Gasteiger partial charge in [0.1, 0.15) is 5.82 Å². The van der Waals surface area contributed by atoms with E-state index in [4.69, 9.17) is 20.8 Å². The molecule has 2 heterocycles. The molecule has 0 aliphatic rings. The van der Waals surface area contributed by atoms with Gasteiger partial charge in [0.2, 0.25) is 0 Å². The Kier molecular flexibility index (Phi) is 4.92. The number of nitrogens with zero attached hydrogens (tertiary/aromatic N) is 2. The summed E-state index contributed by atoms with van der Waals surface area (Å²) < 4.78 is 24.4. The highest BCUT2D eigenvalue weighted by molar-refractivity contribution is 7.13. The molecule has 3 rings (SSSR count). The van der Waals surface area contributed by atoms with Crippen molar-refractivity contribution in [2.75, 3.05) is 0 Å². The third kappa shape index (κ3) is 3.63. The fourth-order valence-electron chi connectivity index (χ4n) is 2.03. The van der Waals surface area contributed by atoms with E-state index < -0.39 is 17.9 Å². The summed E-state index contributed by atoms with van der Waals surface area (Å²) in [5, 5.41) is 9.87. The quantitative estimate of drug-likeness (QED) is 0.624. The highest BCUT2D eigenvalue weighted by atomic mass is 35.5. The van der Waals surface area contributed by atoms with E-state index in [1.54, 1.807) is 6.92 Å². The van der Waals surface area contributed by atoms with Crippen LogP contribution in [0.5, 0.6) is 0 Å². The van der Waals surface area contributed by atoms with Gasteiger partial charge < -0.3 is 9.15 Å². The number of ether oxygens (including phenoxy) is 1.